The summed E-state index contributed by atoms with van der Waals surface area (Å²) in [4.78, 5) is 21.5. The molecule has 0 aromatic heterocycles. The number of carboxylic acid groups (broad SMARTS) is 1. The molecule has 5 nitrogen and oxygen atoms in total. The Morgan fingerprint density at radius 1 is 1.54 bits per heavy atom. The van der Waals surface area contributed by atoms with Gasteiger partial charge in [-0.05, 0) is 13.8 Å². The Hall–Kier alpha value is -1.10. The molecule has 1 rings (SSSR count). The van der Waals surface area contributed by atoms with Gasteiger partial charge in [-0.15, -0.1) is 0 Å². The maximum absolute atomic E-state index is 10.9. The van der Waals surface area contributed by atoms with Crippen molar-refractivity contribution in [2.75, 3.05) is 0 Å². The summed E-state index contributed by atoms with van der Waals surface area (Å²) in [6.45, 7) is 3.01. The molecule has 1 aliphatic rings. The van der Waals surface area contributed by atoms with Gasteiger partial charge in [0.25, 0.3) is 0 Å². The summed E-state index contributed by atoms with van der Waals surface area (Å²) in [6.07, 6.45) is -0.791. The molecular weight excluding hydrogens is 174 g/mol. The molecule has 0 spiro atoms. The molecule has 74 valence electrons. The topological polar surface area (TPSA) is 86.6 Å². The standard InChI is InChI=1S/C8H13NO4/c1-3(8(12)13)6-5(4(2)10)7(11)9-6/h3-6,10H,1-2H3,(H,9,11)(H,12,13)/t3?,4-,5-,6+/m0/s1. The van der Waals surface area contributed by atoms with Gasteiger partial charge in [-0.2, -0.15) is 0 Å². The fraction of sp³-hybridized carbons (Fsp3) is 0.750. The smallest absolute Gasteiger partial charge is 0.308 e. The van der Waals surface area contributed by atoms with Gasteiger partial charge < -0.3 is 15.5 Å². The van der Waals surface area contributed by atoms with Crippen molar-refractivity contribution in [3.63, 3.8) is 0 Å². The average molecular weight is 187 g/mol. The number of aliphatic hydroxyl groups is 1. The van der Waals surface area contributed by atoms with E-state index in [9.17, 15) is 14.7 Å². The van der Waals surface area contributed by atoms with Crippen molar-refractivity contribution in [1.29, 1.82) is 0 Å². The number of carbonyl (C=O) groups excluding carboxylic acids is 1. The Balaban J connectivity index is 2.64. The highest BCUT2D eigenvalue weighted by molar-refractivity contribution is 5.88. The van der Waals surface area contributed by atoms with Crippen LogP contribution in [0.1, 0.15) is 13.8 Å². The van der Waals surface area contributed by atoms with Gasteiger partial charge in [0, 0.05) is 0 Å². The fourth-order valence-electron chi connectivity index (χ4n) is 1.53. The number of aliphatic hydroxyl groups excluding tert-OH is 1. The summed E-state index contributed by atoms with van der Waals surface area (Å²) in [7, 11) is 0. The predicted octanol–water partition coefficient (Wildman–Crippen LogP) is -0.797. The van der Waals surface area contributed by atoms with Crippen LogP contribution in [0.3, 0.4) is 0 Å². The summed E-state index contributed by atoms with van der Waals surface area (Å²) in [5.41, 5.74) is 0. The van der Waals surface area contributed by atoms with Crippen LogP contribution in [0.4, 0.5) is 0 Å². The molecule has 1 saturated heterocycles. The lowest BCUT2D eigenvalue weighted by Crippen LogP contribution is -2.65. The van der Waals surface area contributed by atoms with E-state index in [1.165, 1.54) is 13.8 Å². The van der Waals surface area contributed by atoms with E-state index in [0.717, 1.165) is 0 Å². The molecule has 0 saturated carbocycles. The minimum atomic E-state index is -0.962. The normalized spacial score (nSPS) is 31.5. The lowest BCUT2D eigenvalue weighted by atomic mass is 9.79. The van der Waals surface area contributed by atoms with Gasteiger partial charge >= 0.3 is 5.97 Å². The maximum Gasteiger partial charge on any atom is 0.308 e. The molecule has 0 aromatic rings. The van der Waals surface area contributed by atoms with Crippen LogP contribution in [0.2, 0.25) is 0 Å². The van der Waals surface area contributed by atoms with Gasteiger partial charge in [0.15, 0.2) is 0 Å². The minimum absolute atomic E-state index is 0.270. The molecule has 0 aliphatic carbocycles. The first-order valence-corrected chi connectivity index (χ1v) is 4.16. The lowest BCUT2D eigenvalue weighted by Gasteiger charge is -2.40. The van der Waals surface area contributed by atoms with Crippen molar-refractivity contribution < 1.29 is 19.8 Å². The number of hydrogen-bond acceptors (Lipinski definition) is 3. The second kappa shape index (κ2) is 3.33. The molecule has 5 heteroatoms. The van der Waals surface area contributed by atoms with Crippen molar-refractivity contribution >= 4 is 11.9 Å². The minimum Gasteiger partial charge on any atom is -0.481 e. The van der Waals surface area contributed by atoms with Crippen LogP contribution in [-0.4, -0.2) is 34.2 Å². The van der Waals surface area contributed by atoms with Crippen molar-refractivity contribution in [3.8, 4) is 0 Å². The van der Waals surface area contributed by atoms with E-state index in [2.05, 4.69) is 5.32 Å². The van der Waals surface area contributed by atoms with Crippen molar-refractivity contribution in [1.82, 2.24) is 5.32 Å². The van der Waals surface area contributed by atoms with Crippen LogP contribution in [-0.2, 0) is 9.59 Å². The molecule has 1 fully saturated rings. The van der Waals surface area contributed by atoms with E-state index in [1.807, 2.05) is 0 Å². The first-order chi connectivity index (χ1) is 5.95. The highest BCUT2D eigenvalue weighted by Gasteiger charge is 2.47. The number of aliphatic carboxylic acids is 1. The van der Waals surface area contributed by atoms with E-state index in [0.29, 0.717) is 0 Å². The largest absolute Gasteiger partial charge is 0.481 e. The quantitative estimate of drug-likeness (QED) is 0.505. The highest BCUT2D eigenvalue weighted by atomic mass is 16.4. The Bertz CT molecular complexity index is 238. The van der Waals surface area contributed by atoms with Gasteiger partial charge in [0.2, 0.25) is 5.91 Å². The van der Waals surface area contributed by atoms with E-state index < -0.39 is 30.0 Å². The van der Waals surface area contributed by atoms with Gasteiger partial charge in [-0.1, -0.05) is 0 Å². The van der Waals surface area contributed by atoms with Crippen LogP contribution in [0.25, 0.3) is 0 Å². The molecule has 3 N–H and O–H groups in total. The van der Waals surface area contributed by atoms with Gasteiger partial charge in [0.1, 0.15) is 0 Å². The zero-order valence-corrected chi connectivity index (χ0v) is 7.52. The van der Waals surface area contributed by atoms with Gasteiger partial charge in [-0.25, -0.2) is 0 Å². The highest BCUT2D eigenvalue weighted by Crippen LogP contribution is 2.25. The zero-order chi connectivity index (χ0) is 10.2. The first-order valence-electron chi connectivity index (χ1n) is 4.16. The molecule has 0 radical (unpaired) electrons. The number of carboxylic acids is 1. The Morgan fingerprint density at radius 2 is 2.08 bits per heavy atom. The van der Waals surface area contributed by atoms with Gasteiger partial charge in [0.05, 0.1) is 24.0 Å². The van der Waals surface area contributed by atoms with Crippen LogP contribution in [0.15, 0.2) is 0 Å². The molecule has 0 bridgehead atoms. The number of β-lactam (4-membered cyclic amide) rings is 1. The lowest BCUT2D eigenvalue weighted by molar-refractivity contribution is -0.151. The predicted molar refractivity (Wildman–Crippen MR) is 43.9 cm³/mol. The molecule has 1 heterocycles. The van der Waals surface area contributed by atoms with Crippen LogP contribution >= 0.6 is 0 Å². The second-order valence-electron chi connectivity index (χ2n) is 3.43. The SMILES string of the molecule is CC(C(=O)O)[C@H]1NC(=O)[C@H]1[C@H](C)O. The molecular formula is C8H13NO4. The monoisotopic (exact) mass is 187 g/mol. The molecule has 4 atom stereocenters. The average Bonchev–Trinajstić information content (AvgIpc) is 1.97. The number of rotatable bonds is 3. The van der Waals surface area contributed by atoms with Crippen molar-refractivity contribution in [3.05, 3.63) is 0 Å². The number of amides is 1. The number of carbonyl (C=O) groups is 2. The summed E-state index contributed by atoms with van der Waals surface area (Å²) in [5, 5.41) is 20.3. The summed E-state index contributed by atoms with van der Waals surface area (Å²) < 4.78 is 0. The molecule has 1 aliphatic heterocycles. The number of hydrogen-bond donors (Lipinski definition) is 3. The maximum atomic E-state index is 10.9. The third kappa shape index (κ3) is 1.65. The Labute approximate surface area is 75.7 Å². The fourth-order valence-corrected chi connectivity index (χ4v) is 1.53. The summed E-state index contributed by atoms with van der Waals surface area (Å²) >= 11 is 0. The van der Waals surface area contributed by atoms with Crippen molar-refractivity contribution in [2.45, 2.75) is 26.0 Å². The third-order valence-electron chi connectivity index (χ3n) is 2.45. The molecule has 13 heavy (non-hydrogen) atoms. The van der Waals surface area contributed by atoms with Crippen LogP contribution in [0, 0.1) is 11.8 Å². The Kier molecular flexibility index (Phi) is 2.56. The first kappa shape index (κ1) is 9.98. The van der Waals surface area contributed by atoms with Crippen LogP contribution < -0.4 is 5.32 Å². The molecule has 1 amide bonds. The summed E-state index contributed by atoms with van der Waals surface area (Å²) in [6, 6.07) is -0.440. The van der Waals surface area contributed by atoms with E-state index >= 15 is 0 Å². The van der Waals surface area contributed by atoms with Crippen molar-refractivity contribution in [2.24, 2.45) is 11.8 Å². The zero-order valence-electron chi connectivity index (χ0n) is 7.52. The molecule has 1 unspecified atom stereocenters. The molecule has 0 aromatic carbocycles. The number of nitrogens with one attached hydrogen (secondary N) is 1. The third-order valence-corrected chi connectivity index (χ3v) is 2.45. The van der Waals surface area contributed by atoms with E-state index in [-0.39, 0.29) is 5.91 Å². The van der Waals surface area contributed by atoms with Gasteiger partial charge in [-0.3, -0.25) is 9.59 Å². The van der Waals surface area contributed by atoms with E-state index in [1.54, 1.807) is 0 Å². The summed E-state index contributed by atoms with van der Waals surface area (Å²) in [5.74, 6) is -2.47. The van der Waals surface area contributed by atoms with E-state index in [4.69, 9.17) is 5.11 Å². The second-order valence-corrected chi connectivity index (χ2v) is 3.43. The Morgan fingerprint density at radius 3 is 2.38 bits per heavy atom. The van der Waals surface area contributed by atoms with Crippen LogP contribution in [0.5, 0.6) is 0 Å².